The van der Waals surface area contributed by atoms with E-state index >= 15 is 0 Å². The highest BCUT2D eigenvalue weighted by Gasteiger charge is 2.07. The van der Waals surface area contributed by atoms with Gasteiger partial charge in [0.2, 0.25) is 6.20 Å². The van der Waals surface area contributed by atoms with E-state index in [2.05, 4.69) is 31.9 Å². The minimum absolute atomic E-state index is 0.0391. The van der Waals surface area contributed by atoms with E-state index in [0.717, 1.165) is 6.20 Å². The molecule has 2 rings (SSSR count). The van der Waals surface area contributed by atoms with Gasteiger partial charge >= 0.3 is 0 Å². The predicted molar refractivity (Wildman–Crippen MR) is 106 cm³/mol. The number of carbonyl (C=O) groups excluding carboxylic acids is 1. The number of aromatic hydroxyl groups is 2. The van der Waals surface area contributed by atoms with Crippen molar-refractivity contribution < 1.29 is 29.4 Å². The topological polar surface area (TPSA) is 119 Å². The van der Waals surface area contributed by atoms with E-state index in [1.165, 1.54) is 38.5 Å². The molecule has 0 amide bonds. The molecule has 0 aromatic heterocycles. The lowest BCUT2D eigenvalue weighted by Crippen LogP contribution is -1.87. The number of rotatable bonds is 5. The summed E-state index contributed by atoms with van der Waals surface area (Å²) in [5, 5.41) is 28.8. The first-order valence-electron chi connectivity index (χ1n) is 7.13. The van der Waals surface area contributed by atoms with E-state index < -0.39 is 4.92 Å². The molecule has 2 aromatic carbocycles. The van der Waals surface area contributed by atoms with Crippen LogP contribution in [-0.2, 0) is 0 Å². The second-order valence-corrected chi connectivity index (χ2v) is 6.52. The minimum atomic E-state index is -0.576. The summed E-state index contributed by atoms with van der Waals surface area (Å²) in [5.41, 5.74) is 0.901. The first-order chi connectivity index (χ1) is 12.7. The molecule has 0 fully saturated rings. The summed E-state index contributed by atoms with van der Waals surface area (Å²) in [4.78, 5) is 19.9. The fourth-order valence-corrected chi connectivity index (χ4v) is 2.68. The van der Waals surface area contributed by atoms with Crippen molar-refractivity contribution in [3.8, 4) is 23.0 Å². The molecule has 0 aliphatic heterocycles. The fraction of sp³-hybridized carbons (Fsp3) is 0.118. The number of benzene rings is 2. The van der Waals surface area contributed by atoms with Crippen molar-refractivity contribution in [3.05, 3.63) is 60.7 Å². The Morgan fingerprint density at radius 3 is 1.81 bits per heavy atom. The maximum atomic E-state index is 10.4. The molecule has 0 radical (unpaired) electrons. The molecule has 2 aromatic rings. The van der Waals surface area contributed by atoms with E-state index in [-0.39, 0.29) is 11.5 Å². The number of nitrogens with zero attached hydrogens (tertiary/aromatic N) is 1. The van der Waals surface area contributed by atoms with Gasteiger partial charge in [-0.15, -0.1) is 0 Å². The minimum Gasteiger partial charge on any atom is -0.504 e. The Balaban J connectivity index is 0.000000277. The Morgan fingerprint density at radius 1 is 0.963 bits per heavy atom. The van der Waals surface area contributed by atoms with Crippen LogP contribution in [0.2, 0.25) is 0 Å². The Kier molecular flexibility index (Phi) is 8.76. The number of hydrogen-bond acceptors (Lipinski definition) is 7. The number of phenolic OH excluding ortho intramolecular Hbond substituents is 2. The summed E-state index contributed by atoms with van der Waals surface area (Å²) < 4.78 is 10.9. The largest absolute Gasteiger partial charge is 0.504 e. The van der Waals surface area contributed by atoms with Gasteiger partial charge in [-0.1, -0.05) is 15.9 Å². The number of ether oxygens (including phenoxy) is 2. The highest BCUT2D eigenvalue weighted by molar-refractivity contribution is 9.10. The number of hydrogen-bond donors (Lipinski definition) is 2. The van der Waals surface area contributed by atoms with Crippen LogP contribution >= 0.6 is 31.9 Å². The van der Waals surface area contributed by atoms with Crippen molar-refractivity contribution in [2.75, 3.05) is 14.2 Å². The molecule has 144 valence electrons. The van der Waals surface area contributed by atoms with E-state index in [9.17, 15) is 25.1 Å². The van der Waals surface area contributed by atoms with Crippen LogP contribution in [0.25, 0.3) is 6.08 Å². The molecule has 0 saturated carbocycles. The van der Waals surface area contributed by atoms with Crippen LogP contribution in [0.1, 0.15) is 15.9 Å². The average molecular weight is 505 g/mol. The van der Waals surface area contributed by atoms with Gasteiger partial charge in [0.15, 0.2) is 29.3 Å². The van der Waals surface area contributed by atoms with Gasteiger partial charge in [0.1, 0.15) is 0 Å². The number of aldehydes is 1. The van der Waals surface area contributed by atoms with Crippen LogP contribution in [0.3, 0.4) is 0 Å². The van der Waals surface area contributed by atoms with Gasteiger partial charge in [-0.25, -0.2) is 0 Å². The van der Waals surface area contributed by atoms with Gasteiger partial charge in [-0.05, 0) is 45.8 Å². The third-order valence-electron chi connectivity index (χ3n) is 3.10. The third-order valence-corrected chi connectivity index (χ3v) is 4.47. The molecule has 0 spiro atoms. The van der Waals surface area contributed by atoms with E-state index in [1.54, 1.807) is 6.07 Å². The molecule has 0 aliphatic carbocycles. The Hall–Kier alpha value is -2.59. The molecule has 0 unspecified atom stereocenters. The number of phenols is 2. The van der Waals surface area contributed by atoms with Crippen LogP contribution in [0.4, 0.5) is 0 Å². The Bertz CT molecular complexity index is 869. The second kappa shape index (κ2) is 10.5. The number of carbonyl (C=O) groups is 1. The van der Waals surface area contributed by atoms with Crippen molar-refractivity contribution >= 4 is 44.2 Å². The first kappa shape index (κ1) is 22.5. The highest BCUT2D eigenvalue weighted by atomic mass is 79.9. The van der Waals surface area contributed by atoms with Crippen LogP contribution in [-0.4, -0.2) is 35.6 Å². The molecule has 10 heteroatoms. The maximum absolute atomic E-state index is 10.4. The Labute approximate surface area is 171 Å². The maximum Gasteiger partial charge on any atom is 0.235 e. The molecular weight excluding hydrogens is 490 g/mol. The first-order valence-corrected chi connectivity index (χ1v) is 8.72. The SMILES string of the molecule is COc1cc(Br)c(/C=C/[N+](=O)[O-])cc1O.COc1cc(Br)c(C=O)cc1O. The lowest BCUT2D eigenvalue weighted by atomic mass is 10.2. The summed E-state index contributed by atoms with van der Waals surface area (Å²) >= 11 is 6.37. The fourth-order valence-electron chi connectivity index (χ4n) is 1.81. The standard InChI is InChI=1S/C9H8BrNO4.C8H7BrO3/c1-15-9-5-7(10)6(4-8(9)12)2-3-11(13)14;1-12-8-3-6(9)5(4-10)2-7(8)11/h2-5,12H,1H3;2-4,11H,1H3/b3-2+;. The third kappa shape index (κ3) is 6.57. The quantitative estimate of drug-likeness (QED) is 0.352. The number of methoxy groups -OCH3 is 2. The summed E-state index contributed by atoms with van der Waals surface area (Å²) in [5.74, 6) is 0.541. The smallest absolute Gasteiger partial charge is 0.235 e. The van der Waals surface area contributed by atoms with Crippen LogP contribution in [0.15, 0.2) is 39.4 Å². The van der Waals surface area contributed by atoms with Gasteiger partial charge in [0, 0.05) is 20.6 Å². The average Bonchev–Trinajstić information content (AvgIpc) is 2.63. The number of halogens is 2. The van der Waals surface area contributed by atoms with Gasteiger partial charge in [-0.3, -0.25) is 14.9 Å². The number of nitro groups is 1. The van der Waals surface area contributed by atoms with E-state index in [0.29, 0.717) is 37.9 Å². The molecule has 0 bridgehead atoms. The van der Waals surface area contributed by atoms with E-state index in [4.69, 9.17) is 9.47 Å². The van der Waals surface area contributed by atoms with Crippen molar-refractivity contribution in [3.63, 3.8) is 0 Å². The van der Waals surface area contributed by atoms with Gasteiger partial charge in [0.05, 0.1) is 19.1 Å². The highest BCUT2D eigenvalue weighted by Crippen LogP contribution is 2.33. The summed E-state index contributed by atoms with van der Waals surface area (Å²) in [6.07, 6.45) is 2.73. The van der Waals surface area contributed by atoms with Crippen LogP contribution in [0, 0.1) is 10.1 Å². The molecule has 0 heterocycles. The lowest BCUT2D eigenvalue weighted by molar-refractivity contribution is -0.400. The van der Waals surface area contributed by atoms with Gasteiger partial charge < -0.3 is 19.7 Å². The summed E-state index contributed by atoms with van der Waals surface area (Å²) in [6.45, 7) is 0. The van der Waals surface area contributed by atoms with Crippen molar-refractivity contribution in [2.24, 2.45) is 0 Å². The predicted octanol–water partition coefficient (Wildman–Crippen LogP) is 4.39. The normalized spacial score (nSPS) is 10.1. The molecule has 8 nitrogen and oxygen atoms in total. The van der Waals surface area contributed by atoms with Crippen LogP contribution < -0.4 is 9.47 Å². The molecular formula is C17H15Br2NO7. The summed E-state index contributed by atoms with van der Waals surface area (Å²) in [6, 6.07) is 5.80. The molecule has 0 aliphatic rings. The second-order valence-electron chi connectivity index (χ2n) is 4.81. The molecule has 0 atom stereocenters. The van der Waals surface area contributed by atoms with Gasteiger partial charge in [0.25, 0.3) is 0 Å². The monoisotopic (exact) mass is 503 g/mol. The molecule has 27 heavy (non-hydrogen) atoms. The zero-order valence-corrected chi connectivity index (χ0v) is 17.4. The Morgan fingerprint density at radius 2 is 1.41 bits per heavy atom. The lowest BCUT2D eigenvalue weighted by Gasteiger charge is -2.05. The van der Waals surface area contributed by atoms with Gasteiger partial charge in [-0.2, -0.15) is 0 Å². The molecule has 0 saturated heterocycles. The summed E-state index contributed by atoms with van der Waals surface area (Å²) in [7, 11) is 2.87. The van der Waals surface area contributed by atoms with Crippen LogP contribution in [0.5, 0.6) is 23.0 Å². The zero-order valence-electron chi connectivity index (χ0n) is 14.2. The zero-order chi connectivity index (χ0) is 20.6. The van der Waals surface area contributed by atoms with E-state index in [1.807, 2.05) is 0 Å². The van der Waals surface area contributed by atoms with Crippen molar-refractivity contribution in [2.45, 2.75) is 0 Å². The van der Waals surface area contributed by atoms with Crippen molar-refractivity contribution in [1.29, 1.82) is 0 Å². The molecule has 2 N–H and O–H groups in total. The van der Waals surface area contributed by atoms with Crippen molar-refractivity contribution in [1.82, 2.24) is 0 Å².